The van der Waals surface area contributed by atoms with Crippen LogP contribution < -0.4 is 5.32 Å². The molecule has 0 spiro atoms. The number of nitrogens with zero attached hydrogens (tertiary/aromatic N) is 3. The van der Waals surface area contributed by atoms with Crippen LogP contribution in [0.4, 0.5) is 0 Å². The number of aryl methyl sites for hydroxylation is 1. The molecule has 1 N–H and O–H groups in total. The molecule has 1 aromatic rings. The van der Waals surface area contributed by atoms with E-state index in [0.29, 0.717) is 11.4 Å². The molecule has 1 fully saturated rings. The largest absolute Gasteiger partial charge is 0.350 e. The van der Waals surface area contributed by atoms with Gasteiger partial charge in [-0.2, -0.15) is 0 Å². The van der Waals surface area contributed by atoms with Gasteiger partial charge in [0.1, 0.15) is 4.88 Å². The van der Waals surface area contributed by atoms with Crippen LogP contribution in [0.1, 0.15) is 42.1 Å². The fourth-order valence-corrected chi connectivity index (χ4v) is 3.18. The van der Waals surface area contributed by atoms with Crippen molar-refractivity contribution in [1.82, 2.24) is 19.8 Å². The molecule has 5 nitrogen and oxygen atoms in total. The lowest BCUT2D eigenvalue weighted by atomic mass is 10.0. The van der Waals surface area contributed by atoms with Crippen molar-refractivity contribution in [3.8, 4) is 0 Å². The summed E-state index contributed by atoms with van der Waals surface area (Å²) < 4.78 is 3.84. The van der Waals surface area contributed by atoms with Gasteiger partial charge in [0.15, 0.2) is 0 Å². The molecule has 1 atom stereocenters. The average molecular weight is 282 g/mol. The van der Waals surface area contributed by atoms with Crippen LogP contribution in [0.2, 0.25) is 0 Å². The molecule has 2 heterocycles. The zero-order valence-electron chi connectivity index (χ0n) is 11.7. The molecule has 2 rings (SSSR count). The van der Waals surface area contributed by atoms with Crippen LogP contribution in [-0.4, -0.2) is 46.6 Å². The Hall–Kier alpha value is -1.01. The summed E-state index contributed by atoms with van der Waals surface area (Å²) in [4.78, 5) is 15.1. The fraction of sp³-hybridized carbons (Fsp3) is 0.769. The summed E-state index contributed by atoms with van der Waals surface area (Å²) in [6.07, 6.45) is 3.35. The van der Waals surface area contributed by atoms with Crippen molar-refractivity contribution in [3.05, 3.63) is 10.6 Å². The highest BCUT2D eigenvalue weighted by Crippen LogP contribution is 2.14. The van der Waals surface area contributed by atoms with Gasteiger partial charge in [0.2, 0.25) is 0 Å². The molecule has 0 bridgehead atoms. The molecule has 1 saturated heterocycles. The third-order valence-electron chi connectivity index (χ3n) is 3.55. The van der Waals surface area contributed by atoms with E-state index in [-0.39, 0.29) is 5.91 Å². The number of amides is 1. The Labute approximate surface area is 118 Å². The normalized spacial score (nSPS) is 20.4. The van der Waals surface area contributed by atoms with E-state index in [4.69, 9.17) is 0 Å². The molecule has 0 saturated carbocycles. The maximum atomic E-state index is 12.0. The topological polar surface area (TPSA) is 58.1 Å². The molecule has 0 aromatic carbocycles. The van der Waals surface area contributed by atoms with Crippen LogP contribution in [0.3, 0.4) is 0 Å². The number of carbonyl (C=O) groups is 1. The minimum Gasteiger partial charge on any atom is -0.350 e. The van der Waals surface area contributed by atoms with Crippen LogP contribution >= 0.6 is 11.5 Å². The van der Waals surface area contributed by atoms with E-state index in [1.165, 1.54) is 24.4 Å². The van der Waals surface area contributed by atoms with Crippen LogP contribution in [-0.2, 0) is 6.42 Å². The van der Waals surface area contributed by atoms with Gasteiger partial charge in [-0.15, -0.1) is 5.10 Å². The Bertz CT molecular complexity index is 421. The van der Waals surface area contributed by atoms with Crippen molar-refractivity contribution in [2.45, 2.75) is 33.1 Å². The zero-order chi connectivity index (χ0) is 13.7. The molecule has 1 amide bonds. The summed E-state index contributed by atoms with van der Waals surface area (Å²) in [6.45, 7) is 8.22. The molecule has 0 unspecified atom stereocenters. The zero-order valence-corrected chi connectivity index (χ0v) is 12.5. The number of nitrogens with one attached hydrogen (secondary N) is 1. The van der Waals surface area contributed by atoms with Crippen LogP contribution in [0.15, 0.2) is 0 Å². The van der Waals surface area contributed by atoms with Gasteiger partial charge >= 0.3 is 0 Å². The van der Waals surface area contributed by atoms with Crippen molar-refractivity contribution in [1.29, 1.82) is 0 Å². The number of rotatable bonds is 5. The summed E-state index contributed by atoms with van der Waals surface area (Å²) >= 11 is 1.18. The van der Waals surface area contributed by atoms with Crippen LogP contribution in [0, 0.1) is 5.92 Å². The summed E-state index contributed by atoms with van der Waals surface area (Å²) in [5, 5.41) is 6.93. The van der Waals surface area contributed by atoms with Gasteiger partial charge in [0, 0.05) is 19.6 Å². The van der Waals surface area contributed by atoms with E-state index in [9.17, 15) is 4.79 Å². The lowest BCUT2D eigenvalue weighted by molar-refractivity contribution is 0.0947. The number of aromatic nitrogens is 2. The Morgan fingerprint density at radius 2 is 2.42 bits per heavy atom. The first-order chi connectivity index (χ1) is 9.20. The molecule has 6 heteroatoms. The number of piperidine rings is 1. The van der Waals surface area contributed by atoms with E-state index in [1.54, 1.807) is 0 Å². The Morgan fingerprint density at radius 3 is 3.16 bits per heavy atom. The van der Waals surface area contributed by atoms with E-state index in [2.05, 4.69) is 26.7 Å². The molecular formula is C13H22N4OS. The SMILES string of the molecule is CCc1nnsc1C(=O)NCCN1CCC[C@H](C)C1. The quantitative estimate of drug-likeness (QED) is 0.890. The van der Waals surface area contributed by atoms with E-state index in [0.717, 1.165) is 37.7 Å². The molecule has 1 aromatic heterocycles. The van der Waals surface area contributed by atoms with E-state index < -0.39 is 0 Å². The molecule has 106 valence electrons. The highest BCUT2D eigenvalue weighted by Gasteiger charge is 2.17. The smallest absolute Gasteiger partial charge is 0.264 e. The Kier molecular flexibility index (Phi) is 5.27. The average Bonchev–Trinajstić information content (AvgIpc) is 2.87. The summed E-state index contributed by atoms with van der Waals surface area (Å²) in [6, 6.07) is 0. The van der Waals surface area contributed by atoms with Crippen LogP contribution in [0.5, 0.6) is 0 Å². The molecule has 19 heavy (non-hydrogen) atoms. The van der Waals surface area contributed by atoms with Crippen LogP contribution in [0.25, 0.3) is 0 Å². The first-order valence-electron chi connectivity index (χ1n) is 7.02. The molecule has 1 aliphatic rings. The van der Waals surface area contributed by atoms with Crippen molar-refractivity contribution in [2.75, 3.05) is 26.2 Å². The summed E-state index contributed by atoms with van der Waals surface area (Å²) in [7, 11) is 0. The van der Waals surface area contributed by atoms with Gasteiger partial charge in [-0.25, -0.2) is 0 Å². The van der Waals surface area contributed by atoms with Crippen molar-refractivity contribution in [3.63, 3.8) is 0 Å². The first-order valence-corrected chi connectivity index (χ1v) is 7.79. The second kappa shape index (κ2) is 6.96. The number of hydrogen-bond acceptors (Lipinski definition) is 5. The van der Waals surface area contributed by atoms with E-state index in [1.807, 2.05) is 6.92 Å². The van der Waals surface area contributed by atoms with Gasteiger partial charge in [-0.3, -0.25) is 4.79 Å². The Morgan fingerprint density at radius 1 is 1.58 bits per heavy atom. The lowest BCUT2D eigenvalue weighted by Gasteiger charge is -2.30. The fourth-order valence-electron chi connectivity index (χ4n) is 2.51. The van der Waals surface area contributed by atoms with Crippen molar-refractivity contribution < 1.29 is 4.79 Å². The van der Waals surface area contributed by atoms with E-state index >= 15 is 0 Å². The van der Waals surface area contributed by atoms with Crippen molar-refractivity contribution >= 4 is 17.4 Å². The van der Waals surface area contributed by atoms with Gasteiger partial charge in [-0.1, -0.05) is 18.3 Å². The van der Waals surface area contributed by atoms with Gasteiger partial charge in [0.05, 0.1) is 5.69 Å². The monoisotopic (exact) mass is 282 g/mol. The standard InChI is InChI=1S/C13H22N4OS/c1-3-11-12(19-16-15-11)13(18)14-6-8-17-7-4-5-10(2)9-17/h10H,3-9H2,1-2H3,(H,14,18)/t10-/m0/s1. The third-order valence-corrected chi connectivity index (χ3v) is 4.32. The Balaban J connectivity index is 1.75. The summed E-state index contributed by atoms with van der Waals surface area (Å²) in [5.74, 6) is 0.749. The highest BCUT2D eigenvalue weighted by molar-refractivity contribution is 7.08. The molecule has 0 radical (unpaired) electrons. The molecule has 1 aliphatic heterocycles. The maximum Gasteiger partial charge on any atom is 0.264 e. The van der Waals surface area contributed by atoms with Gasteiger partial charge in [0.25, 0.3) is 5.91 Å². The highest BCUT2D eigenvalue weighted by atomic mass is 32.1. The number of carbonyl (C=O) groups excluding carboxylic acids is 1. The molecule has 0 aliphatic carbocycles. The third kappa shape index (κ3) is 3.98. The second-order valence-electron chi connectivity index (χ2n) is 5.21. The minimum atomic E-state index is -0.0306. The lowest BCUT2D eigenvalue weighted by Crippen LogP contribution is -2.40. The predicted molar refractivity (Wildman–Crippen MR) is 76.5 cm³/mol. The number of hydrogen-bond donors (Lipinski definition) is 1. The van der Waals surface area contributed by atoms with Gasteiger partial charge in [-0.05, 0) is 43.3 Å². The maximum absolute atomic E-state index is 12.0. The summed E-state index contributed by atoms with van der Waals surface area (Å²) in [5.41, 5.74) is 0.800. The number of likely N-dealkylation sites (tertiary alicyclic amines) is 1. The van der Waals surface area contributed by atoms with Crippen molar-refractivity contribution in [2.24, 2.45) is 5.92 Å². The molecular weight excluding hydrogens is 260 g/mol. The first kappa shape index (κ1) is 14.4. The predicted octanol–water partition coefficient (Wildman–Crippen LogP) is 1.56. The minimum absolute atomic E-state index is 0.0306. The van der Waals surface area contributed by atoms with Gasteiger partial charge < -0.3 is 10.2 Å². The second-order valence-corrected chi connectivity index (χ2v) is 5.96.